The first kappa shape index (κ1) is 23.2. The predicted molar refractivity (Wildman–Crippen MR) is 118 cm³/mol. The number of carbonyl (C=O) groups excluding carboxylic acids is 2. The molecule has 1 heterocycles. The third-order valence-corrected chi connectivity index (χ3v) is 6.09. The summed E-state index contributed by atoms with van der Waals surface area (Å²) in [4.78, 5) is 37.3. The van der Waals surface area contributed by atoms with Gasteiger partial charge in [-0.25, -0.2) is 18.4 Å². The lowest BCUT2D eigenvalue weighted by Crippen LogP contribution is -2.52. The summed E-state index contributed by atoms with van der Waals surface area (Å²) < 4.78 is 33.0. The Kier molecular flexibility index (Phi) is 6.24. The number of benzene rings is 2. The first-order valence-corrected chi connectivity index (χ1v) is 10.7. The molecule has 0 saturated carbocycles. The molecule has 0 aromatic heterocycles. The topological polar surface area (TPSA) is 95.9 Å². The number of halogens is 2. The zero-order valence-electron chi connectivity index (χ0n) is 18.0. The Morgan fingerprint density at radius 1 is 1.15 bits per heavy atom. The molecule has 1 saturated heterocycles. The predicted octanol–water partition coefficient (Wildman–Crippen LogP) is 3.24. The largest absolute Gasteiger partial charge is 0.480 e. The van der Waals surface area contributed by atoms with Gasteiger partial charge >= 0.3 is 12.1 Å². The van der Waals surface area contributed by atoms with Crippen molar-refractivity contribution < 1.29 is 33.0 Å². The number of fused-ring (bicyclic) bond motifs is 3. The summed E-state index contributed by atoms with van der Waals surface area (Å²) in [6.07, 6.45) is 3.03. The molecule has 0 spiro atoms. The van der Waals surface area contributed by atoms with Crippen molar-refractivity contribution >= 4 is 18.0 Å². The number of carboxylic acid groups (broad SMARTS) is 1. The number of rotatable bonds is 6. The van der Waals surface area contributed by atoms with Gasteiger partial charge in [-0.05, 0) is 22.3 Å². The third-order valence-electron chi connectivity index (χ3n) is 6.09. The summed E-state index contributed by atoms with van der Waals surface area (Å²) in [5.41, 5.74) is 4.08. The Bertz CT molecular complexity index is 1130. The molecule has 1 fully saturated rings. The molecule has 0 bridgehead atoms. The summed E-state index contributed by atoms with van der Waals surface area (Å²) in [6, 6.07) is 12.4. The first-order chi connectivity index (χ1) is 16.2. The van der Waals surface area contributed by atoms with E-state index in [1.54, 1.807) is 0 Å². The van der Waals surface area contributed by atoms with Crippen molar-refractivity contribution in [3.05, 3.63) is 59.7 Å². The number of alkyl carbamates (subject to hydrolysis) is 1. The molecular formula is C25H22F2N2O5. The van der Waals surface area contributed by atoms with E-state index >= 15 is 0 Å². The third kappa shape index (κ3) is 4.44. The second-order valence-electron chi connectivity index (χ2n) is 8.31. The van der Waals surface area contributed by atoms with Crippen LogP contribution in [-0.4, -0.2) is 59.1 Å². The Morgan fingerprint density at radius 3 is 2.29 bits per heavy atom. The van der Waals surface area contributed by atoms with Crippen LogP contribution < -0.4 is 5.32 Å². The zero-order chi connectivity index (χ0) is 24.5. The fourth-order valence-electron chi connectivity index (χ4n) is 4.57. The molecule has 1 aliphatic heterocycles. The molecule has 1 aliphatic carbocycles. The van der Waals surface area contributed by atoms with Crippen LogP contribution in [0.15, 0.2) is 48.5 Å². The number of carbonyl (C=O) groups is 3. The number of aliphatic carboxylic acids is 1. The zero-order valence-corrected chi connectivity index (χ0v) is 18.0. The van der Waals surface area contributed by atoms with Crippen LogP contribution in [0.3, 0.4) is 0 Å². The molecule has 2 amide bonds. The van der Waals surface area contributed by atoms with Crippen LogP contribution in [0.2, 0.25) is 0 Å². The molecule has 2 N–H and O–H groups in total. The van der Waals surface area contributed by atoms with Crippen LogP contribution >= 0.6 is 0 Å². The van der Waals surface area contributed by atoms with E-state index in [0.29, 0.717) is 4.90 Å². The van der Waals surface area contributed by atoms with E-state index in [9.17, 15) is 28.3 Å². The normalized spacial score (nSPS) is 19.0. The minimum atomic E-state index is -3.34. The van der Waals surface area contributed by atoms with Crippen LogP contribution in [0, 0.1) is 12.3 Å². The number of amides is 2. The average molecular weight is 468 g/mol. The molecule has 2 aliphatic rings. The van der Waals surface area contributed by atoms with E-state index in [-0.39, 0.29) is 18.9 Å². The maximum absolute atomic E-state index is 13.8. The Hall–Kier alpha value is -3.93. The van der Waals surface area contributed by atoms with Gasteiger partial charge in [0.2, 0.25) is 5.91 Å². The SMILES string of the molecule is C#CCC(NC(=O)OCC1c2ccccc2-c2ccccc21)C(=O)N1CC(F)(F)C[C@H]1C(=O)O. The highest BCUT2D eigenvalue weighted by atomic mass is 19.3. The quantitative estimate of drug-likeness (QED) is 0.635. The monoisotopic (exact) mass is 468 g/mol. The van der Waals surface area contributed by atoms with Crippen molar-refractivity contribution in [2.24, 2.45) is 0 Å². The minimum Gasteiger partial charge on any atom is -0.480 e. The standard InChI is InChI=1S/C25H22F2N2O5/c1-2-7-20(22(30)29-14-25(26,27)12-21(29)23(31)32)28-24(33)34-13-19-17-10-5-3-8-15(17)16-9-4-6-11-18(16)19/h1,3-6,8-11,19-21H,7,12-14H2,(H,28,33)(H,31,32)/t20?,21-/m0/s1. The molecule has 2 aromatic carbocycles. The van der Waals surface area contributed by atoms with Crippen LogP contribution in [0.4, 0.5) is 13.6 Å². The molecule has 1 unspecified atom stereocenters. The van der Waals surface area contributed by atoms with Crippen molar-refractivity contribution in [1.82, 2.24) is 10.2 Å². The van der Waals surface area contributed by atoms with Crippen LogP contribution in [0.5, 0.6) is 0 Å². The van der Waals surface area contributed by atoms with E-state index in [1.807, 2.05) is 48.5 Å². The van der Waals surface area contributed by atoms with Crippen LogP contribution in [0.25, 0.3) is 11.1 Å². The second-order valence-corrected chi connectivity index (χ2v) is 8.31. The Morgan fingerprint density at radius 2 is 1.74 bits per heavy atom. The number of hydrogen-bond acceptors (Lipinski definition) is 4. The second kappa shape index (κ2) is 9.14. The fraction of sp³-hybridized carbons (Fsp3) is 0.320. The molecule has 2 atom stereocenters. The highest BCUT2D eigenvalue weighted by Gasteiger charge is 2.51. The molecule has 34 heavy (non-hydrogen) atoms. The Balaban J connectivity index is 1.45. The molecule has 4 rings (SSSR count). The lowest BCUT2D eigenvalue weighted by atomic mass is 9.98. The van der Waals surface area contributed by atoms with Crippen molar-refractivity contribution in [3.63, 3.8) is 0 Å². The summed E-state index contributed by atoms with van der Waals surface area (Å²) in [7, 11) is 0. The highest BCUT2D eigenvalue weighted by molar-refractivity contribution is 5.90. The Labute approximate surface area is 194 Å². The summed E-state index contributed by atoms with van der Waals surface area (Å²) in [6.45, 7) is -1.08. The number of hydrogen-bond donors (Lipinski definition) is 2. The smallest absolute Gasteiger partial charge is 0.407 e. The van der Waals surface area contributed by atoms with E-state index in [1.165, 1.54) is 0 Å². The van der Waals surface area contributed by atoms with Crippen molar-refractivity contribution in [1.29, 1.82) is 0 Å². The van der Waals surface area contributed by atoms with Crippen LogP contribution in [-0.2, 0) is 14.3 Å². The highest BCUT2D eigenvalue weighted by Crippen LogP contribution is 2.44. The van der Waals surface area contributed by atoms with Gasteiger partial charge in [-0.2, -0.15) is 0 Å². The number of likely N-dealkylation sites (tertiary alicyclic amines) is 1. The van der Waals surface area contributed by atoms with Crippen molar-refractivity contribution in [3.8, 4) is 23.5 Å². The van der Waals surface area contributed by atoms with Crippen molar-refractivity contribution in [2.45, 2.75) is 36.8 Å². The molecular weight excluding hydrogens is 446 g/mol. The number of alkyl halides is 2. The summed E-state index contributed by atoms with van der Waals surface area (Å²) in [5.74, 6) is -3.89. The molecule has 7 nitrogen and oxygen atoms in total. The lowest BCUT2D eigenvalue weighted by molar-refractivity contribution is -0.148. The van der Waals surface area contributed by atoms with Crippen molar-refractivity contribution in [2.75, 3.05) is 13.2 Å². The van der Waals surface area contributed by atoms with E-state index < -0.39 is 48.9 Å². The summed E-state index contributed by atoms with van der Waals surface area (Å²) >= 11 is 0. The average Bonchev–Trinajstić information content (AvgIpc) is 3.31. The van der Waals surface area contributed by atoms with Gasteiger partial charge in [-0.1, -0.05) is 48.5 Å². The molecule has 2 aromatic rings. The lowest BCUT2D eigenvalue weighted by Gasteiger charge is -2.26. The molecule has 176 valence electrons. The van der Waals surface area contributed by atoms with Gasteiger partial charge in [0.1, 0.15) is 18.7 Å². The number of terminal acetylenes is 1. The number of nitrogens with zero attached hydrogens (tertiary/aromatic N) is 1. The van der Waals surface area contributed by atoms with Crippen LogP contribution in [0.1, 0.15) is 29.9 Å². The molecule has 0 radical (unpaired) electrons. The maximum atomic E-state index is 13.8. The van der Waals surface area contributed by atoms with E-state index in [2.05, 4.69) is 11.2 Å². The number of nitrogens with one attached hydrogen (secondary N) is 1. The van der Waals surface area contributed by atoms with Gasteiger partial charge in [0, 0.05) is 18.8 Å². The fourth-order valence-corrected chi connectivity index (χ4v) is 4.57. The van der Waals surface area contributed by atoms with Gasteiger partial charge in [0.05, 0.1) is 6.54 Å². The van der Waals surface area contributed by atoms with Gasteiger partial charge in [0.25, 0.3) is 5.92 Å². The number of ether oxygens (including phenoxy) is 1. The summed E-state index contributed by atoms with van der Waals surface area (Å²) in [5, 5.41) is 11.6. The number of carboxylic acids is 1. The minimum absolute atomic E-state index is 0.0175. The van der Waals surface area contributed by atoms with Gasteiger partial charge in [-0.15, -0.1) is 12.3 Å². The van der Waals surface area contributed by atoms with E-state index in [4.69, 9.17) is 11.2 Å². The van der Waals surface area contributed by atoms with Gasteiger partial charge in [0.15, 0.2) is 0 Å². The first-order valence-electron chi connectivity index (χ1n) is 10.7. The van der Waals surface area contributed by atoms with E-state index in [0.717, 1.165) is 22.3 Å². The maximum Gasteiger partial charge on any atom is 0.407 e. The van der Waals surface area contributed by atoms with Gasteiger partial charge < -0.3 is 20.1 Å². The van der Waals surface area contributed by atoms with Gasteiger partial charge in [-0.3, -0.25) is 4.79 Å². The molecule has 9 heteroatoms.